The predicted molar refractivity (Wildman–Crippen MR) is 64.0 cm³/mol. The van der Waals surface area contributed by atoms with Crippen LogP contribution < -0.4 is 5.32 Å². The largest absolute Gasteiger partial charge is 0.316 e. The van der Waals surface area contributed by atoms with Crippen molar-refractivity contribution in [1.29, 1.82) is 0 Å². The number of rotatable bonds is 3. The predicted octanol–water partition coefficient (Wildman–Crippen LogP) is 2.18. The van der Waals surface area contributed by atoms with Crippen molar-refractivity contribution >= 4 is 11.3 Å². The summed E-state index contributed by atoms with van der Waals surface area (Å²) in [5.74, 6) is 0. The highest BCUT2D eigenvalue weighted by Crippen LogP contribution is 2.29. The van der Waals surface area contributed by atoms with Crippen molar-refractivity contribution in [2.75, 3.05) is 7.05 Å². The smallest absolute Gasteiger partial charge is 0.0579 e. The van der Waals surface area contributed by atoms with Gasteiger partial charge in [0.2, 0.25) is 0 Å². The lowest BCUT2D eigenvalue weighted by atomic mass is 10.2. The molecule has 0 radical (unpaired) electrons. The Balaban J connectivity index is 2.33. The summed E-state index contributed by atoms with van der Waals surface area (Å²) in [4.78, 5) is 1.30. The van der Waals surface area contributed by atoms with Gasteiger partial charge in [-0.25, -0.2) is 0 Å². The fourth-order valence-electron chi connectivity index (χ4n) is 1.55. The van der Waals surface area contributed by atoms with E-state index in [1.54, 1.807) is 11.3 Å². The van der Waals surface area contributed by atoms with Crippen LogP contribution in [0.2, 0.25) is 0 Å². The number of aromatic nitrogens is 2. The van der Waals surface area contributed by atoms with Gasteiger partial charge in [-0.15, -0.1) is 11.3 Å². The molecule has 0 fully saturated rings. The molecular weight excluding hydrogens is 206 g/mol. The van der Waals surface area contributed by atoms with Crippen LogP contribution in [0.4, 0.5) is 0 Å². The second-order valence-corrected chi connectivity index (χ2v) is 4.53. The summed E-state index contributed by atoms with van der Waals surface area (Å²) in [5, 5.41) is 9.60. The van der Waals surface area contributed by atoms with E-state index in [9.17, 15) is 0 Å². The van der Waals surface area contributed by atoms with E-state index in [4.69, 9.17) is 0 Å². The van der Waals surface area contributed by atoms with E-state index < -0.39 is 0 Å². The number of thiophene rings is 1. The molecule has 0 amide bonds. The summed E-state index contributed by atoms with van der Waals surface area (Å²) < 4.78 is 1.91. The highest BCUT2D eigenvalue weighted by atomic mass is 32.1. The Morgan fingerprint density at radius 3 is 2.93 bits per heavy atom. The van der Waals surface area contributed by atoms with Crippen molar-refractivity contribution in [2.45, 2.75) is 13.5 Å². The lowest BCUT2D eigenvalue weighted by Gasteiger charge is -1.96. The van der Waals surface area contributed by atoms with Gasteiger partial charge in [0, 0.05) is 29.7 Å². The van der Waals surface area contributed by atoms with Crippen LogP contribution in [-0.2, 0) is 13.6 Å². The molecule has 2 aromatic rings. The molecule has 0 saturated heterocycles. The molecule has 80 valence electrons. The molecule has 0 saturated carbocycles. The fourth-order valence-corrected chi connectivity index (χ4v) is 2.53. The normalized spacial score (nSPS) is 10.9. The molecule has 0 atom stereocenters. The number of nitrogens with zero attached hydrogens (tertiary/aromatic N) is 2. The lowest BCUT2D eigenvalue weighted by molar-refractivity contribution is 0.740. The van der Waals surface area contributed by atoms with Crippen LogP contribution in [-0.4, -0.2) is 16.8 Å². The van der Waals surface area contributed by atoms with Crippen LogP contribution in [0.3, 0.4) is 0 Å². The Kier molecular flexibility index (Phi) is 2.88. The van der Waals surface area contributed by atoms with Gasteiger partial charge in [0.1, 0.15) is 0 Å². The van der Waals surface area contributed by atoms with E-state index in [1.807, 2.05) is 25.0 Å². The van der Waals surface area contributed by atoms with Crippen molar-refractivity contribution in [1.82, 2.24) is 15.1 Å². The first kappa shape index (κ1) is 10.4. The van der Waals surface area contributed by atoms with Gasteiger partial charge in [-0.3, -0.25) is 4.68 Å². The number of hydrogen-bond donors (Lipinski definition) is 1. The zero-order valence-corrected chi connectivity index (χ0v) is 10.1. The molecular formula is C11H15N3S. The number of nitrogens with one attached hydrogen (secondary N) is 1. The molecule has 0 bridgehead atoms. The molecule has 3 nitrogen and oxygen atoms in total. The zero-order valence-electron chi connectivity index (χ0n) is 9.24. The topological polar surface area (TPSA) is 29.9 Å². The average Bonchev–Trinajstić information content (AvgIpc) is 2.77. The maximum atomic E-state index is 4.26. The summed E-state index contributed by atoms with van der Waals surface area (Å²) >= 11 is 1.78. The minimum Gasteiger partial charge on any atom is -0.316 e. The highest BCUT2D eigenvalue weighted by Gasteiger charge is 2.08. The summed E-state index contributed by atoms with van der Waals surface area (Å²) in [6.45, 7) is 3.02. The Hall–Kier alpha value is -1.13. The van der Waals surface area contributed by atoms with Crippen LogP contribution in [0.1, 0.15) is 11.3 Å². The molecule has 15 heavy (non-hydrogen) atoms. The third-order valence-electron chi connectivity index (χ3n) is 2.54. The third-order valence-corrected chi connectivity index (χ3v) is 3.55. The molecule has 2 aromatic heterocycles. The van der Waals surface area contributed by atoms with Crippen LogP contribution in [0.15, 0.2) is 17.6 Å². The van der Waals surface area contributed by atoms with Gasteiger partial charge in [-0.2, -0.15) is 5.10 Å². The summed E-state index contributed by atoms with van der Waals surface area (Å²) in [6, 6.07) is 2.23. The van der Waals surface area contributed by atoms with E-state index in [0.29, 0.717) is 0 Å². The standard InChI is InChI=1S/C11H15N3S/c1-8-10(6-13-14(8)3)11-4-9(5-12-2)7-15-11/h4,6-7,12H,5H2,1-3H3. The first-order chi connectivity index (χ1) is 7.22. The van der Waals surface area contributed by atoms with Gasteiger partial charge in [-0.05, 0) is 31.0 Å². The molecule has 0 aliphatic carbocycles. The van der Waals surface area contributed by atoms with Gasteiger partial charge in [-0.1, -0.05) is 0 Å². The molecule has 0 aromatic carbocycles. The molecule has 0 aliphatic rings. The molecule has 2 rings (SSSR count). The number of hydrogen-bond acceptors (Lipinski definition) is 3. The van der Waals surface area contributed by atoms with Gasteiger partial charge in [0.25, 0.3) is 0 Å². The van der Waals surface area contributed by atoms with Crippen molar-refractivity contribution in [2.24, 2.45) is 7.05 Å². The van der Waals surface area contributed by atoms with Crippen LogP contribution in [0.25, 0.3) is 10.4 Å². The fraction of sp³-hybridized carbons (Fsp3) is 0.364. The van der Waals surface area contributed by atoms with E-state index in [1.165, 1.54) is 21.7 Å². The van der Waals surface area contributed by atoms with Gasteiger partial charge in [0.15, 0.2) is 0 Å². The van der Waals surface area contributed by atoms with Crippen LogP contribution in [0.5, 0.6) is 0 Å². The minimum atomic E-state index is 0.926. The SMILES string of the molecule is CNCc1csc(-c2cnn(C)c2C)c1. The molecule has 0 unspecified atom stereocenters. The van der Waals surface area contributed by atoms with Gasteiger partial charge in [0.05, 0.1) is 6.20 Å². The molecule has 2 heterocycles. The summed E-state index contributed by atoms with van der Waals surface area (Å²) in [5.41, 5.74) is 3.79. The number of aryl methyl sites for hydroxylation is 1. The van der Waals surface area contributed by atoms with Crippen molar-refractivity contribution < 1.29 is 0 Å². The minimum absolute atomic E-state index is 0.926. The molecule has 1 N–H and O–H groups in total. The Morgan fingerprint density at radius 1 is 1.53 bits per heavy atom. The average molecular weight is 221 g/mol. The second kappa shape index (κ2) is 4.16. The molecule has 0 spiro atoms. The second-order valence-electron chi connectivity index (χ2n) is 3.62. The molecule has 4 heteroatoms. The Labute approximate surface area is 93.7 Å². The van der Waals surface area contributed by atoms with E-state index in [2.05, 4.69) is 28.8 Å². The Bertz CT molecular complexity index is 456. The summed E-state index contributed by atoms with van der Waals surface area (Å²) in [7, 11) is 3.94. The van der Waals surface area contributed by atoms with E-state index >= 15 is 0 Å². The first-order valence-corrected chi connectivity index (χ1v) is 5.81. The maximum absolute atomic E-state index is 4.26. The van der Waals surface area contributed by atoms with Crippen molar-refractivity contribution in [3.63, 3.8) is 0 Å². The quantitative estimate of drug-likeness (QED) is 0.861. The maximum Gasteiger partial charge on any atom is 0.0579 e. The highest BCUT2D eigenvalue weighted by molar-refractivity contribution is 7.13. The van der Waals surface area contributed by atoms with Crippen LogP contribution >= 0.6 is 11.3 Å². The summed E-state index contributed by atoms with van der Waals surface area (Å²) in [6.07, 6.45) is 1.93. The Morgan fingerprint density at radius 2 is 2.33 bits per heavy atom. The van der Waals surface area contributed by atoms with Crippen molar-refractivity contribution in [3.8, 4) is 10.4 Å². The lowest BCUT2D eigenvalue weighted by Crippen LogP contribution is -2.03. The van der Waals surface area contributed by atoms with Gasteiger partial charge < -0.3 is 5.32 Å². The molecule has 0 aliphatic heterocycles. The van der Waals surface area contributed by atoms with E-state index in [-0.39, 0.29) is 0 Å². The monoisotopic (exact) mass is 221 g/mol. The first-order valence-electron chi connectivity index (χ1n) is 4.93. The van der Waals surface area contributed by atoms with Gasteiger partial charge >= 0.3 is 0 Å². The van der Waals surface area contributed by atoms with Crippen LogP contribution in [0, 0.1) is 6.92 Å². The van der Waals surface area contributed by atoms with E-state index in [0.717, 1.165) is 6.54 Å². The zero-order chi connectivity index (χ0) is 10.8. The third kappa shape index (κ3) is 1.96. The van der Waals surface area contributed by atoms with Crippen molar-refractivity contribution in [3.05, 3.63) is 28.9 Å².